The van der Waals surface area contributed by atoms with Crippen LogP contribution in [0.2, 0.25) is 0 Å². The molecule has 0 amide bonds. The molecule has 0 spiro atoms. The van der Waals surface area contributed by atoms with Crippen LogP contribution in [0, 0.1) is 50.2 Å². The second-order valence-corrected chi connectivity index (χ2v) is 15.2. The van der Waals surface area contributed by atoms with E-state index in [1.54, 1.807) is 0 Å². The van der Waals surface area contributed by atoms with Gasteiger partial charge >= 0.3 is 5.97 Å². The van der Waals surface area contributed by atoms with E-state index in [1.807, 2.05) is 0 Å². The highest BCUT2D eigenvalue weighted by Gasteiger charge is 2.70. The van der Waals surface area contributed by atoms with E-state index in [2.05, 4.69) is 54.5 Å². The summed E-state index contributed by atoms with van der Waals surface area (Å²) in [6, 6.07) is 0. The van der Waals surface area contributed by atoms with Crippen molar-refractivity contribution in [3.63, 3.8) is 0 Å². The van der Waals surface area contributed by atoms with Crippen LogP contribution in [0.15, 0.2) is 11.6 Å². The van der Waals surface area contributed by atoms with Gasteiger partial charge in [0, 0.05) is 5.92 Å². The average molecular weight is 487 g/mol. The van der Waals surface area contributed by atoms with Crippen molar-refractivity contribution in [3.8, 4) is 0 Å². The first-order valence-corrected chi connectivity index (χ1v) is 14.3. The van der Waals surface area contributed by atoms with Gasteiger partial charge in [0.2, 0.25) is 0 Å². The summed E-state index contributed by atoms with van der Waals surface area (Å²) in [4.78, 5) is 13.4. The van der Waals surface area contributed by atoms with Crippen molar-refractivity contribution < 1.29 is 19.7 Å². The standard InChI is InChI=1S/C31H50O4/c1-26(2)15-17-31(25(34)35-8)18-16-29(6)19(23(31)24(26)33)9-10-21-28(5)13-12-22(32)27(3,4)20(28)11-14-30(21,29)7/h9,20-24,32-33H,10-18H2,1-8H3/t20-,21+,22-,23+,24+,28-,29+,30+,31-/m0/s1. The number of ether oxygens (including phenoxy) is 1. The van der Waals surface area contributed by atoms with Gasteiger partial charge in [0.05, 0.1) is 24.7 Å². The third-order valence-corrected chi connectivity index (χ3v) is 13.4. The molecule has 4 nitrogen and oxygen atoms in total. The Balaban J connectivity index is 1.63. The lowest BCUT2D eigenvalue weighted by Crippen LogP contribution is -2.66. The zero-order valence-electron chi connectivity index (χ0n) is 23.5. The molecule has 2 N–H and O–H groups in total. The fraction of sp³-hybridized carbons (Fsp3) is 0.903. The average Bonchev–Trinajstić information content (AvgIpc) is 2.79. The SMILES string of the molecule is COC(=O)[C@]12CCC(C)(C)[C@H](O)[C@H]1C1=CC[C@@H]3[C@@]4(C)CC[C@H](O)C(C)(C)[C@@H]4CC[C@@]3(C)[C@]1(C)CC2. The second kappa shape index (κ2) is 7.59. The van der Waals surface area contributed by atoms with E-state index in [0.717, 1.165) is 57.8 Å². The molecule has 5 aliphatic carbocycles. The zero-order chi connectivity index (χ0) is 25.8. The zero-order valence-corrected chi connectivity index (χ0v) is 23.5. The van der Waals surface area contributed by atoms with Crippen molar-refractivity contribution >= 4 is 5.97 Å². The molecule has 0 radical (unpaired) electrons. The highest BCUT2D eigenvalue weighted by molar-refractivity contribution is 5.79. The first kappa shape index (κ1) is 25.8. The maximum Gasteiger partial charge on any atom is 0.312 e. The van der Waals surface area contributed by atoms with E-state index in [4.69, 9.17) is 4.74 Å². The predicted octanol–water partition coefficient (Wildman–Crippen LogP) is 6.29. The molecule has 0 aromatic carbocycles. The maximum atomic E-state index is 13.4. The van der Waals surface area contributed by atoms with Gasteiger partial charge in [-0.3, -0.25) is 4.79 Å². The number of carbonyl (C=O) groups is 1. The summed E-state index contributed by atoms with van der Waals surface area (Å²) in [5.41, 5.74) is 0.746. The minimum Gasteiger partial charge on any atom is -0.469 e. The Morgan fingerprint density at radius 1 is 0.886 bits per heavy atom. The van der Waals surface area contributed by atoms with E-state index in [-0.39, 0.29) is 45.1 Å². The molecule has 0 unspecified atom stereocenters. The number of allylic oxidation sites excluding steroid dienone is 1. The Morgan fingerprint density at radius 2 is 1.54 bits per heavy atom. The number of aliphatic hydroxyl groups is 2. The van der Waals surface area contributed by atoms with Crippen molar-refractivity contribution in [2.75, 3.05) is 7.11 Å². The second-order valence-electron chi connectivity index (χ2n) is 15.2. The minimum absolute atomic E-state index is 0.0410. The summed E-state index contributed by atoms with van der Waals surface area (Å²) in [5, 5.41) is 22.8. The summed E-state index contributed by atoms with van der Waals surface area (Å²) in [6.45, 7) is 16.4. The van der Waals surface area contributed by atoms with Gasteiger partial charge in [-0.2, -0.15) is 0 Å². The molecule has 0 aromatic rings. The molecule has 0 aliphatic heterocycles. The summed E-state index contributed by atoms with van der Waals surface area (Å²) < 4.78 is 5.43. The molecule has 0 heterocycles. The van der Waals surface area contributed by atoms with Crippen molar-refractivity contribution in [2.24, 2.45) is 50.2 Å². The van der Waals surface area contributed by atoms with E-state index < -0.39 is 11.5 Å². The maximum absolute atomic E-state index is 13.4. The van der Waals surface area contributed by atoms with Gasteiger partial charge in [0.1, 0.15) is 0 Å². The summed E-state index contributed by atoms with van der Waals surface area (Å²) in [5.74, 6) is 0.789. The van der Waals surface area contributed by atoms with Gasteiger partial charge in [-0.05, 0) is 96.7 Å². The van der Waals surface area contributed by atoms with Crippen LogP contribution in [-0.4, -0.2) is 35.5 Å². The summed E-state index contributed by atoms with van der Waals surface area (Å²) >= 11 is 0. The van der Waals surface area contributed by atoms with Crippen molar-refractivity contribution in [3.05, 3.63) is 11.6 Å². The van der Waals surface area contributed by atoms with Crippen molar-refractivity contribution in [1.29, 1.82) is 0 Å². The van der Waals surface area contributed by atoms with E-state index >= 15 is 0 Å². The van der Waals surface area contributed by atoms with Crippen molar-refractivity contribution in [1.82, 2.24) is 0 Å². The predicted molar refractivity (Wildman–Crippen MR) is 138 cm³/mol. The smallest absolute Gasteiger partial charge is 0.312 e. The summed E-state index contributed by atoms with van der Waals surface area (Å²) in [6.07, 6.45) is 10.4. The summed E-state index contributed by atoms with van der Waals surface area (Å²) in [7, 11) is 1.52. The van der Waals surface area contributed by atoms with E-state index in [1.165, 1.54) is 12.7 Å². The van der Waals surface area contributed by atoms with Gasteiger partial charge in [0.25, 0.3) is 0 Å². The fourth-order valence-electron chi connectivity index (χ4n) is 10.8. The molecule has 4 heteroatoms. The Bertz CT molecular complexity index is 934. The number of carbonyl (C=O) groups excluding carboxylic acids is 1. The number of rotatable bonds is 1. The van der Waals surface area contributed by atoms with Crippen LogP contribution >= 0.6 is 0 Å². The highest BCUT2D eigenvalue weighted by atomic mass is 16.5. The number of hydrogen-bond donors (Lipinski definition) is 2. The number of esters is 1. The molecule has 0 aromatic heterocycles. The van der Waals surface area contributed by atoms with Crippen LogP contribution < -0.4 is 0 Å². The highest BCUT2D eigenvalue weighted by Crippen LogP contribution is 2.75. The monoisotopic (exact) mass is 486 g/mol. The lowest BCUT2D eigenvalue weighted by molar-refractivity contribution is -0.213. The molecule has 5 aliphatic rings. The van der Waals surface area contributed by atoms with Crippen LogP contribution in [0.25, 0.3) is 0 Å². The Morgan fingerprint density at radius 3 is 2.20 bits per heavy atom. The quantitative estimate of drug-likeness (QED) is 0.337. The van der Waals surface area contributed by atoms with Crippen LogP contribution in [-0.2, 0) is 9.53 Å². The van der Waals surface area contributed by atoms with Crippen molar-refractivity contribution in [2.45, 2.75) is 118 Å². The fourth-order valence-corrected chi connectivity index (χ4v) is 10.8. The number of aliphatic hydroxyl groups excluding tert-OH is 2. The van der Waals surface area contributed by atoms with Gasteiger partial charge in [-0.1, -0.05) is 60.1 Å². The molecule has 4 saturated carbocycles. The van der Waals surface area contributed by atoms with Crippen LogP contribution in [0.1, 0.15) is 106 Å². The van der Waals surface area contributed by atoms with Crippen LogP contribution in [0.4, 0.5) is 0 Å². The number of fused-ring (bicyclic) bond motifs is 7. The molecule has 0 saturated heterocycles. The molecule has 0 bridgehead atoms. The Labute approximate surface area is 213 Å². The van der Waals surface area contributed by atoms with E-state index in [0.29, 0.717) is 11.8 Å². The van der Waals surface area contributed by atoms with Gasteiger partial charge in [-0.15, -0.1) is 0 Å². The van der Waals surface area contributed by atoms with Gasteiger partial charge < -0.3 is 14.9 Å². The minimum atomic E-state index is -0.601. The largest absolute Gasteiger partial charge is 0.469 e. The first-order valence-electron chi connectivity index (χ1n) is 14.3. The Hall–Kier alpha value is -0.870. The van der Waals surface area contributed by atoms with Crippen LogP contribution in [0.5, 0.6) is 0 Å². The lowest BCUT2D eigenvalue weighted by Gasteiger charge is -2.71. The third kappa shape index (κ3) is 3.02. The molecular formula is C31H50O4. The normalized spacial score (nSPS) is 52.2. The molecule has 5 rings (SSSR count). The number of methoxy groups -OCH3 is 1. The van der Waals surface area contributed by atoms with Crippen LogP contribution in [0.3, 0.4) is 0 Å². The van der Waals surface area contributed by atoms with Gasteiger partial charge in [0.15, 0.2) is 0 Å². The molecule has 35 heavy (non-hydrogen) atoms. The lowest BCUT2D eigenvalue weighted by atomic mass is 9.33. The number of hydrogen-bond acceptors (Lipinski definition) is 4. The molecule has 198 valence electrons. The van der Waals surface area contributed by atoms with E-state index in [9.17, 15) is 15.0 Å². The molecule has 9 atom stereocenters. The Kier molecular flexibility index (Phi) is 5.59. The molecular weight excluding hydrogens is 436 g/mol. The molecule has 4 fully saturated rings. The first-order chi connectivity index (χ1) is 16.1. The van der Waals surface area contributed by atoms with Gasteiger partial charge in [-0.25, -0.2) is 0 Å². The third-order valence-electron chi connectivity index (χ3n) is 13.4. The topological polar surface area (TPSA) is 66.8 Å².